The number of carbonyl (C=O) groups is 4. The minimum atomic E-state index is -1.25. The van der Waals surface area contributed by atoms with Gasteiger partial charge in [-0.15, -0.1) is 0 Å². The van der Waals surface area contributed by atoms with E-state index in [4.69, 9.17) is 4.74 Å². The van der Waals surface area contributed by atoms with E-state index < -0.39 is 41.1 Å². The maximum atomic E-state index is 13.6. The molecule has 2 heterocycles. The van der Waals surface area contributed by atoms with Crippen molar-refractivity contribution in [2.45, 2.75) is 50.1 Å². The van der Waals surface area contributed by atoms with Gasteiger partial charge in [-0.1, -0.05) is 18.9 Å². The lowest BCUT2D eigenvalue weighted by atomic mass is 9.52. The number of nitrogens with one attached hydrogen (secondary N) is 4. The number of ether oxygens (including phenoxy) is 1. The first-order chi connectivity index (χ1) is 17.8. The predicted molar refractivity (Wildman–Crippen MR) is 131 cm³/mol. The van der Waals surface area contributed by atoms with Gasteiger partial charge >= 0.3 is 0 Å². The van der Waals surface area contributed by atoms with Gasteiger partial charge in [-0.3, -0.25) is 24.5 Å². The lowest BCUT2D eigenvalue weighted by Gasteiger charge is -2.52. The summed E-state index contributed by atoms with van der Waals surface area (Å²) >= 11 is 0. The summed E-state index contributed by atoms with van der Waals surface area (Å²) in [6.07, 6.45) is 4.12. The summed E-state index contributed by atoms with van der Waals surface area (Å²) in [4.78, 5) is 54.9. The topological polar surface area (TPSA) is 153 Å². The highest BCUT2D eigenvalue weighted by Crippen LogP contribution is 2.55. The lowest BCUT2D eigenvalue weighted by molar-refractivity contribution is -0.137. The highest BCUT2D eigenvalue weighted by atomic mass is 16.5. The summed E-state index contributed by atoms with van der Waals surface area (Å²) in [5, 5.41) is 19.3. The second-order valence-corrected chi connectivity index (χ2v) is 10.9. The molecular formula is C27H29N5O5. The molecule has 1 unspecified atom stereocenters. The highest BCUT2D eigenvalue weighted by Gasteiger charge is 2.64. The Morgan fingerprint density at radius 1 is 1.19 bits per heavy atom. The molecule has 1 aromatic carbocycles. The van der Waals surface area contributed by atoms with Crippen molar-refractivity contribution in [1.29, 1.82) is 5.26 Å². The van der Waals surface area contributed by atoms with E-state index in [9.17, 15) is 24.4 Å². The van der Waals surface area contributed by atoms with E-state index in [0.29, 0.717) is 36.6 Å². The number of hydrogen-bond acceptors (Lipinski definition) is 6. The van der Waals surface area contributed by atoms with Crippen LogP contribution in [0.15, 0.2) is 24.3 Å². The fraction of sp³-hybridized carbons (Fsp3) is 0.519. The van der Waals surface area contributed by atoms with E-state index in [1.165, 1.54) is 0 Å². The van der Waals surface area contributed by atoms with Crippen LogP contribution in [0.2, 0.25) is 0 Å². The number of amides is 4. The smallest absolute Gasteiger partial charge is 0.268 e. The lowest BCUT2D eigenvalue weighted by Crippen LogP contribution is -2.66. The average Bonchev–Trinajstić information content (AvgIpc) is 3.51. The third kappa shape index (κ3) is 3.84. The van der Waals surface area contributed by atoms with E-state index >= 15 is 0 Å². The first-order valence-corrected chi connectivity index (χ1v) is 12.9. The Hall–Kier alpha value is -3.87. The Labute approximate surface area is 213 Å². The number of fused-ring (bicyclic) bond motifs is 3. The maximum absolute atomic E-state index is 13.6. The molecule has 192 valence electrons. The van der Waals surface area contributed by atoms with Gasteiger partial charge in [0.05, 0.1) is 25.0 Å². The molecule has 0 spiro atoms. The van der Waals surface area contributed by atoms with Gasteiger partial charge in [0.1, 0.15) is 23.0 Å². The number of carbonyl (C=O) groups excluding carboxylic acids is 4. The third-order valence-electron chi connectivity index (χ3n) is 8.77. The third-order valence-corrected chi connectivity index (χ3v) is 8.77. The number of nitrogens with zero attached hydrogens (tertiary/aromatic N) is 1. The summed E-state index contributed by atoms with van der Waals surface area (Å²) in [5.41, 5.74) is -0.193. The molecule has 5 aliphatic rings. The van der Waals surface area contributed by atoms with Crippen molar-refractivity contribution in [3.63, 3.8) is 0 Å². The second-order valence-electron chi connectivity index (χ2n) is 10.9. The molecule has 1 aliphatic heterocycles. The number of aromatic amines is 1. The molecule has 4 amide bonds. The zero-order valence-corrected chi connectivity index (χ0v) is 20.5. The standard InChI is InChI=1S/C27H29N5O5/c1-37-20-4-2-3-17-15(20)10-19(29-17)23(33)30-18(9-13-5-6-13)24(34)32-27(12-28)11-14-7-8-16(27)22-21(14)25(35)31-26(22)36/h2-4,10,13-14,16,18,21-22,29H,5-9,11H2,1H3,(H,30,33)(H,32,34)(H,31,35,36)/t14-,16+,18+,21?,22-,27-/m1/s1. The van der Waals surface area contributed by atoms with Crippen LogP contribution in [0.5, 0.6) is 5.75 Å². The number of nitriles is 1. The molecular weight excluding hydrogens is 474 g/mol. The van der Waals surface area contributed by atoms with Crippen LogP contribution in [0.25, 0.3) is 10.9 Å². The van der Waals surface area contributed by atoms with Crippen LogP contribution in [-0.2, 0) is 14.4 Å². The fourth-order valence-corrected chi connectivity index (χ4v) is 6.84. The largest absolute Gasteiger partial charge is 0.496 e. The Balaban J connectivity index is 1.23. The van der Waals surface area contributed by atoms with Gasteiger partial charge < -0.3 is 20.4 Å². The van der Waals surface area contributed by atoms with Crippen LogP contribution < -0.4 is 20.7 Å². The summed E-state index contributed by atoms with van der Waals surface area (Å²) < 4.78 is 5.38. The van der Waals surface area contributed by atoms with Crippen LogP contribution in [0.1, 0.15) is 49.0 Å². The predicted octanol–water partition coefficient (Wildman–Crippen LogP) is 1.77. The number of aromatic nitrogens is 1. The monoisotopic (exact) mass is 503 g/mol. The fourth-order valence-electron chi connectivity index (χ4n) is 6.84. The van der Waals surface area contributed by atoms with E-state index in [2.05, 4.69) is 27.0 Å². The molecule has 1 aromatic heterocycles. The van der Waals surface area contributed by atoms with Crippen LogP contribution in [0, 0.1) is 40.9 Å². The normalized spacial score (nSPS) is 30.8. The van der Waals surface area contributed by atoms with Gasteiger partial charge in [0.2, 0.25) is 17.7 Å². The van der Waals surface area contributed by atoms with Crippen LogP contribution in [0.4, 0.5) is 0 Å². The van der Waals surface area contributed by atoms with Gasteiger partial charge in [0.15, 0.2) is 0 Å². The first kappa shape index (κ1) is 23.5. The second kappa shape index (κ2) is 8.61. The Morgan fingerprint density at radius 2 is 1.97 bits per heavy atom. The zero-order chi connectivity index (χ0) is 25.9. The van der Waals surface area contributed by atoms with Crippen LogP contribution in [-0.4, -0.2) is 47.3 Å². The minimum absolute atomic E-state index is 0.140. The van der Waals surface area contributed by atoms with E-state index in [1.807, 2.05) is 18.2 Å². The Kier molecular flexibility index (Phi) is 5.48. The number of benzene rings is 1. The quantitative estimate of drug-likeness (QED) is 0.423. The maximum Gasteiger partial charge on any atom is 0.268 e. The molecule has 4 N–H and O–H groups in total. The van der Waals surface area contributed by atoms with Gasteiger partial charge in [0.25, 0.3) is 5.91 Å². The van der Waals surface area contributed by atoms with Crippen molar-refractivity contribution in [2.75, 3.05) is 7.11 Å². The van der Waals surface area contributed by atoms with Crippen molar-refractivity contribution in [3.05, 3.63) is 30.0 Å². The molecule has 1 saturated heterocycles. The molecule has 7 rings (SSSR count). The molecule has 2 bridgehead atoms. The van der Waals surface area contributed by atoms with Crippen LogP contribution in [0.3, 0.4) is 0 Å². The average molecular weight is 504 g/mol. The molecule has 0 radical (unpaired) electrons. The summed E-state index contributed by atoms with van der Waals surface area (Å²) in [6.45, 7) is 0. The molecule has 2 aromatic rings. The van der Waals surface area contributed by atoms with Crippen molar-refractivity contribution < 1.29 is 23.9 Å². The summed E-state index contributed by atoms with van der Waals surface area (Å²) in [5.74, 6) is -2.10. The van der Waals surface area contributed by atoms with Crippen molar-refractivity contribution in [1.82, 2.24) is 20.9 Å². The molecule has 6 atom stereocenters. The van der Waals surface area contributed by atoms with Gasteiger partial charge in [0, 0.05) is 16.8 Å². The highest BCUT2D eigenvalue weighted by molar-refractivity contribution is 6.06. The van der Waals surface area contributed by atoms with E-state index in [1.54, 1.807) is 13.2 Å². The van der Waals surface area contributed by atoms with Gasteiger partial charge in [-0.05, 0) is 55.7 Å². The molecule has 5 fully saturated rings. The number of H-pyrrole nitrogens is 1. The van der Waals surface area contributed by atoms with Gasteiger partial charge in [-0.2, -0.15) is 5.26 Å². The first-order valence-electron chi connectivity index (χ1n) is 12.9. The molecule has 37 heavy (non-hydrogen) atoms. The SMILES string of the molecule is COc1cccc2[nH]c(C(=O)N[C@@H](CC3CC3)C(=O)N[C@@]3(C#N)C[C@H]4CC[C@H]3[C@H]3C(=O)NC(=O)C43)cc12. The zero-order valence-electron chi connectivity index (χ0n) is 20.5. The van der Waals surface area contributed by atoms with Crippen molar-refractivity contribution in [2.24, 2.45) is 29.6 Å². The molecule has 4 saturated carbocycles. The number of rotatable bonds is 7. The summed E-state index contributed by atoms with van der Waals surface area (Å²) in [6, 6.07) is 8.66. The molecule has 4 aliphatic carbocycles. The van der Waals surface area contributed by atoms with E-state index in [0.717, 1.165) is 30.2 Å². The van der Waals surface area contributed by atoms with Crippen LogP contribution >= 0.6 is 0 Å². The number of hydrogen-bond donors (Lipinski definition) is 4. The number of imide groups is 1. The van der Waals surface area contributed by atoms with Crippen molar-refractivity contribution in [3.8, 4) is 11.8 Å². The molecule has 10 nitrogen and oxygen atoms in total. The van der Waals surface area contributed by atoms with E-state index in [-0.39, 0.29) is 17.7 Å². The summed E-state index contributed by atoms with van der Waals surface area (Å²) in [7, 11) is 1.56. The molecule has 10 heteroatoms. The Bertz CT molecular complexity index is 1360. The van der Waals surface area contributed by atoms with Gasteiger partial charge in [-0.25, -0.2) is 0 Å². The number of methoxy groups -OCH3 is 1. The Morgan fingerprint density at radius 3 is 2.70 bits per heavy atom. The minimum Gasteiger partial charge on any atom is -0.496 e. The van der Waals surface area contributed by atoms with Crippen molar-refractivity contribution >= 4 is 34.5 Å².